The monoisotopic (exact) mass is 499 g/mol. The molecule has 0 spiro atoms. The fourth-order valence-electron chi connectivity index (χ4n) is 3.35. The molecule has 150 valence electrons. The van der Waals surface area contributed by atoms with Gasteiger partial charge >= 0.3 is 11.8 Å². The van der Waals surface area contributed by atoms with Crippen LogP contribution in [-0.2, 0) is 20.6 Å². The quantitative estimate of drug-likeness (QED) is 0.426. The van der Waals surface area contributed by atoms with E-state index in [1.165, 1.54) is 28.3 Å². The van der Waals surface area contributed by atoms with Crippen molar-refractivity contribution in [3.05, 3.63) is 59.5 Å². The predicted octanol–water partition coefficient (Wildman–Crippen LogP) is 3.03. The predicted molar refractivity (Wildman–Crippen MR) is 112 cm³/mol. The van der Waals surface area contributed by atoms with Crippen LogP contribution in [0, 0.1) is 0 Å². The van der Waals surface area contributed by atoms with E-state index in [1.54, 1.807) is 13.1 Å². The zero-order valence-corrected chi connectivity index (χ0v) is 18.1. The molecular weight excluding hydrogens is 489 g/mol. The van der Waals surface area contributed by atoms with Gasteiger partial charge in [-0.15, -0.1) is 0 Å². The standard InChI is InChI=1S/C17H12BrCl2N5O4/c1-22-12-13(21-15(22)18)23(2)16(27)24(14(12)26)6-7-5-8-9(19)3-4-10(20)11(8)25(7)17(28)29/h3-5H,6H2,1-2H3,(H,28,29). The fraction of sp³-hybridized carbons (Fsp3) is 0.176. The molecule has 0 aliphatic carbocycles. The molecule has 3 aromatic heterocycles. The van der Waals surface area contributed by atoms with Gasteiger partial charge in [0.05, 0.1) is 27.8 Å². The van der Waals surface area contributed by atoms with Gasteiger partial charge in [-0.1, -0.05) is 23.2 Å². The van der Waals surface area contributed by atoms with Crippen molar-refractivity contribution in [2.45, 2.75) is 6.54 Å². The first kappa shape index (κ1) is 19.7. The van der Waals surface area contributed by atoms with Crippen LogP contribution < -0.4 is 11.2 Å². The molecule has 29 heavy (non-hydrogen) atoms. The Kier molecular flexibility index (Phi) is 4.60. The molecule has 0 bridgehead atoms. The topological polar surface area (TPSA) is 104 Å². The number of hydrogen-bond acceptors (Lipinski definition) is 4. The van der Waals surface area contributed by atoms with E-state index < -0.39 is 17.3 Å². The molecule has 0 saturated carbocycles. The number of imidazole rings is 1. The van der Waals surface area contributed by atoms with Gasteiger partial charge in [-0.2, -0.15) is 0 Å². The lowest BCUT2D eigenvalue weighted by molar-refractivity contribution is 0.196. The van der Waals surface area contributed by atoms with Gasteiger partial charge in [0.15, 0.2) is 15.9 Å². The van der Waals surface area contributed by atoms with Crippen molar-refractivity contribution in [2.24, 2.45) is 14.1 Å². The van der Waals surface area contributed by atoms with Crippen molar-refractivity contribution in [1.29, 1.82) is 0 Å². The first-order valence-electron chi connectivity index (χ1n) is 8.16. The maximum atomic E-state index is 13.0. The number of aromatic nitrogens is 5. The molecule has 0 aliphatic rings. The Labute approximate surface area is 180 Å². The highest BCUT2D eigenvalue weighted by Gasteiger charge is 2.22. The van der Waals surface area contributed by atoms with E-state index in [0.717, 1.165) is 9.13 Å². The summed E-state index contributed by atoms with van der Waals surface area (Å²) in [6.07, 6.45) is -1.31. The molecule has 3 heterocycles. The molecule has 0 unspecified atom stereocenters. The molecule has 1 N–H and O–H groups in total. The molecule has 4 aromatic rings. The van der Waals surface area contributed by atoms with Gasteiger partial charge in [-0.25, -0.2) is 19.1 Å². The summed E-state index contributed by atoms with van der Waals surface area (Å²) in [5.41, 5.74) is -0.447. The van der Waals surface area contributed by atoms with Gasteiger partial charge in [0, 0.05) is 19.5 Å². The van der Waals surface area contributed by atoms with Crippen LogP contribution in [0.25, 0.3) is 22.1 Å². The van der Waals surface area contributed by atoms with Crippen LogP contribution in [-0.4, -0.2) is 34.5 Å². The Morgan fingerprint density at radius 1 is 1.14 bits per heavy atom. The minimum atomic E-state index is -1.31. The van der Waals surface area contributed by atoms with E-state index in [1.807, 2.05) is 0 Å². The van der Waals surface area contributed by atoms with Gasteiger partial charge in [-0.05, 0) is 34.1 Å². The summed E-state index contributed by atoms with van der Waals surface area (Å²) in [6, 6.07) is 4.54. The summed E-state index contributed by atoms with van der Waals surface area (Å²) >= 11 is 15.6. The molecule has 0 aliphatic heterocycles. The first-order chi connectivity index (χ1) is 13.6. The third-order valence-electron chi connectivity index (χ3n) is 4.75. The number of rotatable bonds is 2. The highest BCUT2D eigenvalue weighted by atomic mass is 79.9. The second-order valence-electron chi connectivity index (χ2n) is 6.39. The number of hydrogen-bond donors (Lipinski definition) is 1. The lowest BCUT2D eigenvalue weighted by atomic mass is 10.2. The number of nitrogens with zero attached hydrogens (tertiary/aromatic N) is 5. The van der Waals surface area contributed by atoms with E-state index in [4.69, 9.17) is 23.2 Å². The highest BCUT2D eigenvalue weighted by Crippen LogP contribution is 2.32. The van der Waals surface area contributed by atoms with Crippen LogP contribution in [0.5, 0.6) is 0 Å². The minimum absolute atomic E-state index is 0.169. The van der Waals surface area contributed by atoms with Gasteiger partial charge < -0.3 is 9.67 Å². The zero-order chi connectivity index (χ0) is 21.2. The second kappa shape index (κ2) is 6.75. The smallest absolute Gasteiger partial charge is 0.416 e. The van der Waals surface area contributed by atoms with Crippen molar-refractivity contribution in [3.8, 4) is 0 Å². The largest absolute Gasteiger partial charge is 0.464 e. The molecule has 0 atom stereocenters. The number of aryl methyl sites for hydroxylation is 2. The summed E-state index contributed by atoms with van der Waals surface area (Å²) in [5.74, 6) is 0. The van der Waals surface area contributed by atoms with Crippen LogP contribution in [0.1, 0.15) is 5.69 Å². The molecule has 12 heteroatoms. The normalized spacial score (nSPS) is 11.6. The summed E-state index contributed by atoms with van der Waals surface area (Å²) in [4.78, 5) is 41.9. The molecule has 0 saturated heterocycles. The minimum Gasteiger partial charge on any atom is -0.464 e. The summed E-state index contributed by atoms with van der Waals surface area (Å²) in [7, 11) is 3.12. The van der Waals surface area contributed by atoms with Crippen molar-refractivity contribution in [1.82, 2.24) is 23.3 Å². The average Bonchev–Trinajstić information content (AvgIpc) is 3.19. The maximum Gasteiger partial charge on any atom is 0.416 e. The Balaban J connectivity index is 2.04. The number of benzene rings is 1. The Morgan fingerprint density at radius 3 is 2.45 bits per heavy atom. The Bertz CT molecular complexity index is 1460. The van der Waals surface area contributed by atoms with E-state index in [2.05, 4.69) is 20.9 Å². The van der Waals surface area contributed by atoms with Gasteiger partial charge in [0.25, 0.3) is 5.56 Å². The Morgan fingerprint density at radius 2 is 1.79 bits per heavy atom. The van der Waals surface area contributed by atoms with Crippen LogP contribution >= 0.6 is 39.1 Å². The molecule has 0 fully saturated rings. The fourth-order valence-corrected chi connectivity index (χ4v) is 4.15. The van der Waals surface area contributed by atoms with E-state index >= 15 is 0 Å². The summed E-state index contributed by atoms with van der Waals surface area (Å²) in [5, 5.41) is 10.6. The average molecular weight is 501 g/mol. The maximum absolute atomic E-state index is 13.0. The van der Waals surface area contributed by atoms with Crippen LogP contribution in [0.3, 0.4) is 0 Å². The van der Waals surface area contributed by atoms with Gasteiger partial charge in [-0.3, -0.25) is 13.9 Å². The number of carbonyl (C=O) groups is 1. The van der Waals surface area contributed by atoms with E-state index in [0.29, 0.717) is 15.1 Å². The van der Waals surface area contributed by atoms with E-state index in [-0.39, 0.29) is 33.9 Å². The molecule has 9 nitrogen and oxygen atoms in total. The zero-order valence-electron chi connectivity index (χ0n) is 15.0. The number of fused-ring (bicyclic) bond motifs is 2. The van der Waals surface area contributed by atoms with Crippen molar-refractivity contribution < 1.29 is 9.90 Å². The van der Waals surface area contributed by atoms with Crippen molar-refractivity contribution >= 4 is 67.3 Å². The van der Waals surface area contributed by atoms with Crippen LogP contribution in [0.4, 0.5) is 4.79 Å². The number of carboxylic acid groups (broad SMARTS) is 1. The molecule has 1 aromatic carbocycles. The first-order valence-corrected chi connectivity index (χ1v) is 9.71. The lowest BCUT2D eigenvalue weighted by Crippen LogP contribution is -2.40. The van der Waals surface area contributed by atoms with Crippen LogP contribution in [0.15, 0.2) is 32.5 Å². The lowest BCUT2D eigenvalue weighted by Gasteiger charge is -2.10. The highest BCUT2D eigenvalue weighted by molar-refractivity contribution is 9.10. The summed E-state index contributed by atoms with van der Waals surface area (Å²) < 4.78 is 5.00. The number of halogens is 3. The van der Waals surface area contributed by atoms with Gasteiger partial charge in [0.2, 0.25) is 0 Å². The molecule has 4 rings (SSSR count). The van der Waals surface area contributed by atoms with Gasteiger partial charge in [0.1, 0.15) is 0 Å². The second-order valence-corrected chi connectivity index (χ2v) is 7.91. The molecular formula is C17H12BrCl2N5O4. The molecule has 0 amide bonds. The van der Waals surface area contributed by atoms with E-state index in [9.17, 15) is 19.5 Å². The van der Waals surface area contributed by atoms with Crippen molar-refractivity contribution in [2.75, 3.05) is 0 Å². The third kappa shape index (κ3) is 2.82. The summed E-state index contributed by atoms with van der Waals surface area (Å²) in [6.45, 7) is -0.294. The third-order valence-corrected chi connectivity index (χ3v) is 6.10. The van der Waals surface area contributed by atoms with Crippen molar-refractivity contribution in [3.63, 3.8) is 0 Å². The SMILES string of the molecule is Cn1c(Br)nc2c1c(=O)n(Cc1cc3c(Cl)ccc(Cl)c3n1C(=O)O)c(=O)n2C. The molecule has 0 radical (unpaired) electrons. The Hall–Kier alpha value is -2.56. The van der Waals surface area contributed by atoms with Crippen LogP contribution in [0.2, 0.25) is 10.0 Å².